The van der Waals surface area contributed by atoms with Gasteiger partial charge in [-0.25, -0.2) is 4.98 Å². The lowest BCUT2D eigenvalue weighted by Gasteiger charge is -2.24. The Morgan fingerprint density at radius 2 is 1.31 bits per heavy atom. The molecule has 0 bridgehead atoms. The van der Waals surface area contributed by atoms with Crippen LogP contribution in [0.5, 0.6) is 11.5 Å². The number of nitrogens with zero attached hydrogens (tertiary/aromatic N) is 3. The van der Waals surface area contributed by atoms with E-state index in [1.807, 2.05) is 36.7 Å². The van der Waals surface area contributed by atoms with Crippen LogP contribution in [0, 0.1) is 0 Å². The molecular weight excluding hydrogens is 362 g/mol. The van der Waals surface area contributed by atoms with E-state index in [0.29, 0.717) is 0 Å². The molecule has 0 aliphatic heterocycles. The Balaban J connectivity index is 1.58. The van der Waals surface area contributed by atoms with Gasteiger partial charge in [-0.2, -0.15) is 0 Å². The zero-order valence-electron chi connectivity index (χ0n) is 17.3. The highest BCUT2D eigenvalue weighted by Crippen LogP contribution is 2.46. The van der Waals surface area contributed by atoms with Gasteiger partial charge >= 0.3 is 0 Å². The SMILES string of the molecule is COc1ccc(CN(Cc2ccc(OC)cc2)c2cnc(C3(C)CC3)cn2)cc1. The molecule has 1 fully saturated rings. The Hall–Kier alpha value is -3.08. The molecule has 0 N–H and O–H groups in total. The van der Waals surface area contributed by atoms with E-state index in [9.17, 15) is 0 Å². The molecule has 0 unspecified atom stereocenters. The Labute approximate surface area is 172 Å². The Morgan fingerprint density at radius 3 is 1.69 bits per heavy atom. The summed E-state index contributed by atoms with van der Waals surface area (Å²) in [4.78, 5) is 11.7. The van der Waals surface area contributed by atoms with Crippen molar-refractivity contribution < 1.29 is 9.47 Å². The van der Waals surface area contributed by atoms with Crippen molar-refractivity contribution in [2.45, 2.75) is 38.3 Å². The summed E-state index contributed by atoms with van der Waals surface area (Å²) in [6.45, 7) is 3.73. The van der Waals surface area contributed by atoms with Crippen LogP contribution < -0.4 is 14.4 Å². The molecule has 150 valence electrons. The highest BCUT2D eigenvalue weighted by atomic mass is 16.5. The number of rotatable bonds is 8. The quantitative estimate of drug-likeness (QED) is 0.556. The molecule has 1 heterocycles. The van der Waals surface area contributed by atoms with Crippen LogP contribution in [0.2, 0.25) is 0 Å². The molecular formula is C24H27N3O2. The highest BCUT2D eigenvalue weighted by Gasteiger charge is 2.40. The minimum atomic E-state index is 0.225. The first kappa shape index (κ1) is 19.2. The van der Waals surface area contributed by atoms with Crippen molar-refractivity contribution in [1.82, 2.24) is 9.97 Å². The fourth-order valence-corrected chi connectivity index (χ4v) is 3.36. The first-order chi connectivity index (χ1) is 14.1. The first-order valence-corrected chi connectivity index (χ1v) is 9.93. The van der Waals surface area contributed by atoms with E-state index in [1.165, 1.54) is 24.0 Å². The van der Waals surface area contributed by atoms with Gasteiger partial charge in [0.1, 0.15) is 17.3 Å². The van der Waals surface area contributed by atoms with Crippen LogP contribution in [0.25, 0.3) is 0 Å². The van der Waals surface area contributed by atoms with E-state index < -0.39 is 0 Å². The zero-order chi connectivity index (χ0) is 20.3. The van der Waals surface area contributed by atoms with E-state index in [1.54, 1.807) is 14.2 Å². The van der Waals surface area contributed by atoms with Gasteiger partial charge in [0, 0.05) is 18.5 Å². The molecule has 0 atom stereocenters. The van der Waals surface area contributed by atoms with Gasteiger partial charge in [0.25, 0.3) is 0 Å². The summed E-state index contributed by atoms with van der Waals surface area (Å²) >= 11 is 0. The van der Waals surface area contributed by atoms with E-state index in [-0.39, 0.29) is 5.41 Å². The molecule has 5 heteroatoms. The minimum Gasteiger partial charge on any atom is -0.497 e. The molecule has 1 aromatic heterocycles. The fraction of sp³-hybridized carbons (Fsp3) is 0.333. The van der Waals surface area contributed by atoms with Gasteiger partial charge < -0.3 is 14.4 Å². The maximum Gasteiger partial charge on any atom is 0.147 e. The molecule has 1 aliphatic rings. The number of hydrogen-bond donors (Lipinski definition) is 0. The van der Waals surface area contributed by atoms with E-state index in [2.05, 4.69) is 36.1 Å². The summed E-state index contributed by atoms with van der Waals surface area (Å²) in [5, 5.41) is 0. The Kier molecular flexibility index (Phi) is 5.38. The third kappa shape index (κ3) is 4.50. The molecule has 0 spiro atoms. The van der Waals surface area contributed by atoms with Crippen molar-refractivity contribution in [3.05, 3.63) is 77.7 Å². The summed E-state index contributed by atoms with van der Waals surface area (Å²) in [7, 11) is 3.37. The second-order valence-corrected chi connectivity index (χ2v) is 7.87. The van der Waals surface area contributed by atoms with E-state index in [4.69, 9.17) is 19.4 Å². The van der Waals surface area contributed by atoms with Crippen molar-refractivity contribution in [2.24, 2.45) is 0 Å². The van der Waals surface area contributed by atoms with Crippen molar-refractivity contribution in [1.29, 1.82) is 0 Å². The maximum atomic E-state index is 5.28. The number of hydrogen-bond acceptors (Lipinski definition) is 5. The summed E-state index contributed by atoms with van der Waals surface area (Å²) in [5.74, 6) is 2.60. The third-order valence-electron chi connectivity index (χ3n) is 5.65. The summed E-state index contributed by atoms with van der Waals surface area (Å²) in [6.07, 6.45) is 6.24. The first-order valence-electron chi connectivity index (χ1n) is 9.93. The smallest absolute Gasteiger partial charge is 0.147 e. The van der Waals surface area contributed by atoms with Crippen molar-refractivity contribution >= 4 is 5.82 Å². The lowest BCUT2D eigenvalue weighted by atomic mass is 10.1. The number of benzene rings is 2. The van der Waals surface area contributed by atoms with Crippen LogP contribution in [0.4, 0.5) is 5.82 Å². The molecule has 5 nitrogen and oxygen atoms in total. The average Bonchev–Trinajstić information content (AvgIpc) is 3.53. The molecule has 4 rings (SSSR count). The molecule has 0 saturated heterocycles. The Bertz CT molecular complexity index is 884. The largest absolute Gasteiger partial charge is 0.497 e. The lowest BCUT2D eigenvalue weighted by Crippen LogP contribution is -2.23. The maximum absolute atomic E-state index is 5.28. The topological polar surface area (TPSA) is 47.5 Å². The van der Waals surface area contributed by atoms with Gasteiger partial charge in [0.15, 0.2) is 0 Å². The van der Waals surface area contributed by atoms with Crippen LogP contribution in [0.15, 0.2) is 60.9 Å². The van der Waals surface area contributed by atoms with Crippen LogP contribution in [0.1, 0.15) is 36.6 Å². The number of methoxy groups -OCH3 is 2. The molecule has 2 aromatic carbocycles. The third-order valence-corrected chi connectivity index (χ3v) is 5.65. The van der Waals surface area contributed by atoms with Crippen LogP contribution >= 0.6 is 0 Å². The predicted molar refractivity (Wildman–Crippen MR) is 114 cm³/mol. The lowest BCUT2D eigenvalue weighted by molar-refractivity contribution is 0.414. The predicted octanol–water partition coefficient (Wildman–Crippen LogP) is 4.75. The molecule has 0 radical (unpaired) electrons. The number of anilines is 1. The van der Waals surface area contributed by atoms with Crippen LogP contribution in [0.3, 0.4) is 0 Å². The summed E-state index contributed by atoms with van der Waals surface area (Å²) in [6, 6.07) is 16.3. The second kappa shape index (κ2) is 8.11. The highest BCUT2D eigenvalue weighted by molar-refractivity contribution is 5.41. The summed E-state index contributed by atoms with van der Waals surface area (Å²) < 4.78 is 10.6. The molecule has 0 amide bonds. The van der Waals surface area contributed by atoms with Crippen LogP contribution in [-0.2, 0) is 18.5 Å². The summed E-state index contributed by atoms with van der Waals surface area (Å²) in [5.41, 5.74) is 3.70. The normalized spacial score (nSPS) is 14.3. The van der Waals surface area contributed by atoms with E-state index >= 15 is 0 Å². The van der Waals surface area contributed by atoms with Gasteiger partial charge in [-0.15, -0.1) is 0 Å². The zero-order valence-corrected chi connectivity index (χ0v) is 17.3. The van der Waals surface area contributed by atoms with Crippen LogP contribution in [-0.4, -0.2) is 24.2 Å². The minimum absolute atomic E-state index is 0.225. The van der Waals surface area contributed by atoms with Gasteiger partial charge in [-0.1, -0.05) is 31.2 Å². The van der Waals surface area contributed by atoms with E-state index in [0.717, 1.165) is 36.1 Å². The fourth-order valence-electron chi connectivity index (χ4n) is 3.36. The van der Waals surface area contributed by atoms with Crippen molar-refractivity contribution in [3.63, 3.8) is 0 Å². The van der Waals surface area contributed by atoms with Crippen molar-refractivity contribution in [3.8, 4) is 11.5 Å². The molecule has 1 aliphatic carbocycles. The average molecular weight is 389 g/mol. The monoisotopic (exact) mass is 389 g/mol. The Morgan fingerprint density at radius 1 is 0.793 bits per heavy atom. The van der Waals surface area contributed by atoms with Crippen molar-refractivity contribution in [2.75, 3.05) is 19.1 Å². The number of ether oxygens (including phenoxy) is 2. The van der Waals surface area contributed by atoms with Gasteiger partial charge in [0.05, 0.1) is 32.3 Å². The standard InChI is InChI=1S/C24H27N3O2/c1-24(12-13-24)22-14-26-23(15-25-22)27(16-18-4-8-20(28-2)9-5-18)17-19-6-10-21(29-3)11-7-19/h4-11,14-15H,12-13,16-17H2,1-3H3. The number of aromatic nitrogens is 2. The molecule has 29 heavy (non-hydrogen) atoms. The van der Waals surface area contributed by atoms with Gasteiger partial charge in [-0.05, 0) is 48.2 Å². The van der Waals surface area contributed by atoms with Gasteiger partial charge in [-0.3, -0.25) is 4.98 Å². The second-order valence-electron chi connectivity index (χ2n) is 7.87. The molecule has 1 saturated carbocycles. The van der Waals surface area contributed by atoms with Gasteiger partial charge in [0.2, 0.25) is 0 Å². The molecule has 3 aromatic rings.